The van der Waals surface area contributed by atoms with E-state index in [1.165, 1.54) is 4.68 Å². The Morgan fingerprint density at radius 3 is 2.85 bits per heavy atom. The average Bonchev–Trinajstić information content (AvgIpc) is 2.47. The van der Waals surface area contributed by atoms with Crippen LogP contribution in [0.5, 0.6) is 0 Å². The highest BCUT2D eigenvalue weighted by atomic mass is 79.9. The van der Waals surface area contributed by atoms with E-state index in [2.05, 4.69) is 37.0 Å². The summed E-state index contributed by atoms with van der Waals surface area (Å²) >= 11 is 6.80. The van der Waals surface area contributed by atoms with Crippen molar-refractivity contribution in [1.82, 2.24) is 9.78 Å². The summed E-state index contributed by atoms with van der Waals surface area (Å²) in [6.45, 7) is -0.107. The van der Waals surface area contributed by atoms with Crippen LogP contribution in [0.25, 0.3) is 10.9 Å². The molecule has 0 atom stereocenters. The number of halogens is 2. The first-order chi connectivity index (χ1) is 6.22. The summed E-state index contributed by atoms with van der Waals surface area (Å²) in [5, 5.41) is 14.0. The van der Waals surface area contributed by atoms with E-state index >= 15 is 0 Å². The Morgan fingerprint density at radius 2 is 2.15 bits per heavy atom. The second-order valence-electron chi connectivity index (χ2n) is 2.61. The first kappa shape index (κ1) is 9.18. The number of aliphatic hydroxyl groups is 1. The van der Waals surface area contributed by atoms with Crippen molar-refractivity contribution in [3.05, 3.63) is 27.3 Å². The number of hydrogen-bond acceptors (Lipinski definition) is 2. The molecule has 0 saturated heterocycles. The van der Waals surface area contributed by atoms with Gasteiger partial charge in [0.15, 0.2) is 0 Å². The van der Waals surface area contributed by atoms with Gasteiger partial charge in [-0.05, 0) is 28.1 Å². The molecule has 0 bridgehead atoms. The summed E-state index contributed by atoms with van der Waals surface area (Å²) in [6.07, 6.45) is 1.72. The summed E-state index contributed by atoms with van der Waals surface area (Å²) in [4.78, 5) is 0. The van der Waals surface area contributed by atoms with Crippen LogP contribution in [0.4, 0.5) is 0 Å². The summed E-state index contributed by atoms with van der Waals surface area (Å²) in [5.74, 6) is 0. The predicted octanol–water partition coefficient (Wildman–Crippen LogP) is 2.51. The standard InChI is InChI=1S/C8H6Br2N2O/c9-6-1-5-3-11-12(4-13)8(5)7(10)2-6/h1-3,13H,4H2. The van der Waals surface area contributed by atoms with Crippen LogP contribution < -0.4 is 0 Å². The third-order valence-electron chi connectivity index (χ3n) is 1.79. The molecule has 0 unspecified atom stereocenters. The molecule has 13 heavy (non-hydrogen) atoms. The van der Waals surface area contributed by atoms with Crippen LogP contribution in [0.2, 0.25) is 0 Å². The molecule has 1 aromatic heterocycles. The van der Waals surface area contributed by atoms with E-state index in [4.69, 9.17) is 5.11 Å². The fourth-order valence-electron chi connectivity index (χ4n) is 1.25. The van der Waals surface area contributed by atoms with Crippen LogP contribution in [-0.4, -0.2) is 14.9 Å². The van der Waals surface area contributed by atoms with Gasteiger partial charge in [0.25, 0.3) is 0 Å². The summed E-state index contributed by atoms with van der Waals surface area (Å²) in [6, 6.07) is 3.88. The summed E-state index contributed by atoms with van der Waals surface area (Å²) in [7, 11) is 0. The lowest BCUT2D eigenvalue weighted by Gasteiger charge is -2.00. The topological polar surface area (TPSA) is 38.0 Å². The highest BCUT2D eigenvalue weighted by Gasteiger charge is 2.06. The Balaban J connectivity index is 2.82. The number of rotatable bonds is 1. The molecule has 1 aromatic carbocycles. The smallest absolute Gasteiger partial charge is 0.136 e. The van der Waals surface area contributed by atoms with E-state index in [0.717, 1.165) is 19.8 Å². The van der Waals surface area contributed by atoms with Crippen molar-refractivity contribution in [2.75, 3.05) is 0 Å². The fourth-order valence-corrected chi connectivity index (χ4v) is 2.72. The second kappa shape index (κ2) is 3.40. The minimum atomic E-state index is -0.107. The van der Waals surface area contributed by atoms with Gasteiger partial charge < -0.3 is 5.11 Å². The third-order valence-corrected chi connectivity index (χ3v) is 2.85. The highest BCUT2D eigenvalue weighted by Crippen LogP contribution is 2.27. The molecule has 0 aliphatic carbocycles. The Bertz CT molecular complexity index is 453. The number of benzene rings is 1. The quantitative estimate of drug-likeness (QED) is 0.879. The van der Waals surface area contributed by atoms with Crippen LogP contribution in [0.15, 0.2) is 27.3 Å². The van der Waals surface area contributed by atoms with Crippen molar-refractivity contribution in [3.63, 3.8) is 0 Å². The maximum Gasteiger partial charge on any atom is 0.136 e. The van der Waals surface area contributed by atoms with Crippen LogP contribution in [0.3, 0.4) is 0 Å². The zero-order chi connectivity index (χ0) is 9.42. The first-order valence-corrected chi connectivity index (χ1v) is 5.22. The van der Waals surface area contributed by atoms with Gasteiger partial charge in [0.2, 0.25) is 0 Å². The Morgan fingerprint density at radius 1 is 1.38 bits per heavy atom. The van der Waals surface area contributed by atoms with Gasteiger partial charge in [-0.1, -0.05) is 15.9 Å². The van der Waals surface area contributed by atoms with Crippen molar-refractivity contribution in [1.29, 1.82) is 0 Å². The van der Waals surface area contributed by atoms with Crippen LogP contribution in [0, 0.1) is 0 Å². The van der Waals surface area contributed by atoms with Crippen LogP contribution in [-0.2, 0) is 6.73 Å². The van der Waals surface area contributed by atoms with E-state index in [9.17, 15) is 0 Å². The molecule has 0 radical (unpaired) electrons. The zero-order valence-corrected chi connectivity index (χ0v) is 9.71. The molecule has 1 heterocycles. The molecule has 0 spiro atoms. The molecule has 2 aromatic rings. The van der Waals surface area contributed by atoms with Crippen molar-refractivity contribution >= 4 is 42.8 Å². The summed E-state index contributed by atoms with van der Waals surface area (Å²) in [5.41, 5.74) is 0.908. The number of hydrogen-bond donors (Lipinski definition) is 1. The van der Waals surface area contributed by atoms with Crippen LogP contribution in [0.1, 0.15) is 0 Å². The van der Waals surface area contributed by atoms with E-state index in [0.29, 0.717) is 0 Å². The zero-order valence-electron chi connectivity index (χ0n) is 6.54. The fraction of sp³-hybridized carbons (Fsp3) is 0.125. The number of fused-ring (bicyclic) bond motifs is 1. The number of aliphatic hydroxyl groups excluding tert-OH is 1. The third kappa shape index (κ3) is 1.51. The lowest BCUT2D eigenvalue weighted by molar-refractivity contribution is 0.200. The van der Waals surface area contributed by atoms with Crippen molar-refractivity contribution < 1.29 is 5.11 Å². The maximum atomic E-state index is 8.99. The predicted molar refractivity (Wildman–Crippen MR) is 57.4 cm³/mol. The average molecular weight is 306 g/mol. The van der Waals surface area contributed by atoms with Gasteiger partial charge in [-0.25, -0.2) is 4.68 Å². The van der Waals surface area contributed by atoms with Crippen molar-refractivity contribution in [2.24, 2.45) is 0 Å². The molecule has 0 aliphatic rings. The number of nitrogens with zero attached hydrogens (tertiary/aromatic N) is 2. The van der Waals surface area contributed by atoms with Crippen molar-refractivity contribution in [3.8, 4) is 0 Å². The molecule has 1 N–H and O–H groups in total. The molecule has 3 nitrogen and oxygen atoms in total. The van der Waals surface area contributed by atoms with Gasteiger partial charge in [0, 0.05) is 14.3 Å². The minimum Gasteiger partial charge on any atom is -0.374 e. The van der Waals surface area contributed by atoms with E-state index in [1.54, 1.807) is 6.20 Å². The molecule has 68 valence electrons. The van der Waals surface area contributed by atoms with Gasteiger partial charge in [-0.3, -0.25) is 0 Å². The maximum absolute atomic E-state index is 8.99. The van der Waals surface area contributed by atoms with Gasteiger partial charge in [0.1, 0.15) is 6.73 Å². The van der Waals surface area contributed by atoms with Gasteiger partial charge in [0.05, 0.1) is 11.7 Å². The molecule has 2 rings (SSSR count). The van der Waals surface area contributed by atoms with Crippen molar-refractivity contribution in [2.45, 2.75) is 6.73 Å². The first-order valence-electron chi connectivity index (χ1n) is 3.64. The van der Waals surface area contributed by atoms with Gasteiger partial charge >= 0.3 is 0 Å². The SMILES string of the molecule is OCn1ncc2cc(Br)cc(Br)c21. The second-order valence-corrected chi connectivity index (χ2v) is 4.38. The Kier molecular flexibility index (Phi) is 2.40. The largest absolute Gasteiger partial charge is 0.374 e. The normalized spacial score (nSPS) is 11.0. The van der Waals surface area contributed by atoms with Crippen LogP contribution >= 0.6 is 31.9 Å². The monoisotopic (exact) mass is 304 g/mol. The molecule has 0 saturated carbocycles. The van der Waals surface area contributed by atoms with E-state index in [1.807, 2.05) is 12.1 Å². The van der Waals surface area contributed by atoms with Gasteiger partial charge in [-0.2, -0.15) is 5.10 Å². The highest BCUT2D eigenvalue weighted by molar-refractivity contribution is 9.11. The summed E-state index contributed by atoms with van der Waals surface area (Å²) < 4.78 is 3.44. The molecule has 0 fully saturated rings. The molecular formula is C8H6Br2N2O. The molecule has 5 heteroatoms. The lowest BCUT2D eigenvalue weighted by atomic mass is 10.3. The molecule has 0 aliphatic heterocycles. The lowest BCUT2D eigenvalue weighted by Crippen LogP contribution is -1.98. The molecule has 0 amide bonds. The number of aromatic nitrogens is 2. The Hall–Kier alpha value is -0.390. The van der Waals surface area contributed by atoms with Gasteiger partial charge in [-0.15, -0.1) is 0 Å². The molecular weight excluding hydrogens is 300 g/mol. The Labute approximate surface area is 91.6 Å². The van der Waals surface area contributed by atoms with E-state index < -0.39 is 0 Å². The minimum absolute atomic E-state index is 0.107. The van der Waals surface area contributed by atoms with E-state index in [-0.39, 0.29) is 6.73 Å².